The summed E-state index contributed by atoms with van der Waals surface area (Å²) in [4.78, 5) is 42.7. The number of amides is 4. The van der Waals surface area contributed by atoms with Crippen molar-refractivity contribution in [1.82, 2.24) is 21.7 Å². The molecule has 0 aromatic heterocycles. The Labute approximate surface area is 102 Å². The molecule has 94 valence electrons. The van der Waals surface area contributed by atoms with Crippen molar-refractivity contribution in [2.24, 2.45) is 0 Å². The van der Waals surface area contributed by atoms with Gasteiger partial charge in [0.15, 0.2) is 0 Å². The van der Waals surface area contributed by atoms with Gasteiger partial charge in [-0.15, -0.1) is 0 Å². The zero-order valence-electron chi connectivity index (χ0n) is 9.10. The molecule has 8 heteroatoms. The molecule has 4 amide bonds. The molecule has 18 heavy (non-hydrogen) atoms. The van der Waals surface area contributed by atoms with Gasteiger partial charge in [0.25, 0.3) is 11.8 Å². The van der Waals surface area contributed by atoms with Crippen molar-refractivity contribution >= 4 is 24.6 Å². The van der Waals surface area contributed by atoms with Crippen LogP contribution in [0.2, 0.25) is 0 Å². The first-order valence-electron chi connectivity index (χ1n) is 4.78. The fourth-order valence-corrected chi connectivity index (χ4v) is 1.11. The molecule has 0 fully saturated rings. The van der Waals surface area contributed by atoms with Gasteiger partial charge in [-0.3, -0.25) is 40.9 Å². The quantitative estimate of drug-likeness (QED) is 0.362. The number of benzene rings is 1. The first kappa shape index (κ1) is 13.2. The molecule has 0 bridgehead atoms. The number of carbonyl (C=O) groups excluding carboxylic acids is 4. The molecule has 0 heterocycles. The van der Waals surface area contributed by atoms with E-state index in [1.165, 1.54) is 24.3 Å². The van der Waals surface area contributed by atoms with Gasteiger partial charge in [0.05, 0.1) is 0 Å². The summed E-state index contributed by atoms with van der Waals surface area (Å²) in [5.41, 5.74) is 8.77. The molecule has 0 saturated heterocycles. The van der Waals surface area contributed by atoms with Gasteiger partial charge in [0.2, 0.25) is 12.8 Å². The highest BCUT2D eigenvalue weighted by molar-refractivity contribution is 5.98. The third-order valence-corrected chi connectivity index (χ3v) is 1.90. The van der Waals surface area contributed by atoms with Crippen molar-refractivity contribution in [2.75, 3.05) is 0 Å². The van der Waals surface area contributed by atoms with E-state index in [2.05, 4.69) is 10.9 Å². The predicted molar refractivity (Wildman–Crippen MR) is 59.8 cm³/mol. The minimum atomic E-state index is -0.514. The van der Waals surface area contributed by atoms with Gasteiger partial charge in [-0.25, -0.2) is 0 Å². The summed E-state index contributed by atoms with van der Waals surface area (Å²) in [6.45, 7) is 0. The fourth-order valence-electron chi connectivity index (χ4n) is 1.11. The first-order valence-corrected chi connectivity index (χ1v) is 4.78. The van der Waals surface area contributed by atoms with Crippen LogP contribution in [0.4, 0.5) is 0 Å². The van der Waals surface area contributed by atoms with Crippen LogP contribution >= 0.6 is 0 Å². The Kier molecular flexibility index (Phi) is 4.85. The van der Waals surface area contributed by atoms with Crippen LogP contribution in [-0.2, 0) is 9.59 Å². The number of carbonyl (C=O) groups is 4. The predicted octanol–water partition coefficient (Wildman–Crippen LogP) is -1.53. The Balaban J connectivity index is 2.67. The molecule has 0 unspecified atom stereocenters. The Hall–Kier alpha value is -2.90. The number of hydrazine groups is 2. The van der Waals surface area contributed by atoms with Gasteiger partial charge < -0.3 is 0 Å². The molecular weight excluding hydrogens is 240 g/mol. The molecule has 1 rings (SSSR count). The Morgan fingerprint density at radius 3 is 1.39 bits per heavy atom. The zero-order chi connectivity index (χ0) is 13.4. The van der Waals surface area contributed by atoms with Gasteiger partial charge >= 0.3 is 0 Å². The van der Waals surface area contributed by atoms with Crippen LogP contribution in [0.15, 0.2) is 24.3 Å². The smallest absolute Gasteiger partial charge is 0.269 e. The van der Waals surface area contributed by atoms with Crippen molar-refractivity contribution in [1.29, 1.82) is 0 Å². The highest BCUT2D eigenvalue weighted by Gasteiger charge is 2.07. The lowest BCUT2D eigenvalue weighted by Gasteiger charge is -2.05. The topological polar surface area (TPSA) is 116 Å². The monoisotopic (exact) mass is 250 g/mol. The third kappa shape index (κ3) is 3.59. The van der Waals surface area contributed by atoms with E-state index >= 15 is 0 Å². The first-order chi connectivity index (χ1) is 8.69. The molecule has 1 aromatic carbocycles. The standard InChI is InChI=1S/C10H10N4O4/c15-5-11-13-9(17)7-1-2-8(4-3-7)10(18)14-12-6-16/h1-6H,(H,11,15)(H,12,16)(H,13,17)(H,14,18). The second-order valence-electron chi connectivity index (χ2n) is 3.01. The fraction of sp³-hybridized carbons (Fsp3) is 0. The van der Waals surface area contributed by atoms with Gasteiger partial charge in [0, 0.05) is 11.1 Å². The van der Waals surface area contributed by atoms with Crippen LogP contribution in [0.5, 0.6) is 0 Å². The molecule has 8 nitrogen and oxygen atoms in total. The minimum Gasteiger partial charge on any atom is -0.277 e. The van der Waals surface area contributed by atoms with Crippen molar-refractivity contribution in [3.05, 3.63) is 35.4 Å². The number of hydrogen-bond donors (Lipinski definition) is 4. The Morgan fingerprint density at radius 2 is 1.11 bits per heavy atom. The maximum absolute atomic E-state index is 11.4. The molecule has 1 aromatic rings. The summed E-state index contributed by atoms with van der Waals surface area (Å²) < 4.78 is 0. The van der Waals surface area contributed by atoms with E-state index in [1.54, 1.807) is 0 Å². The van der Waals surface area contributed by atoms with Crippen LogP contribution in [0, 0.1) is 0 Å². The second-order valence-corrected chi connectivity index (χ2v) is 3.01. The van der Waals surface area contributed by atoms with Gasteiger partial charge in [-0.05, 0) is 24.3 Å². The van der Waals surface area contributed by atoms with E-state index in [1.807, 2.05) is 10.9 Å². The van der Waals surface area contributed by atoms with Crippen LogP contribution in [0.25, 0.3) is 0 Å². The summed E-state index contributed by atoms with van der Waals surface area (Å²) in [5.74, 6) is -1.03. The van der Waals surface area contributed by atoms with Crippen LogP contribution in [0.3, 0.4) is 0 Å². The van der Waals surface area contributed by atoms with E-state index in [0.29, 0.717) is 12.8 Å². The number of nitrogens with one attached hydrogen (secondary N) is 4. The lowest BCUT2D eigenvalue weighted by Crippen LogP contribution is -2.37. The Morgan fingerprint density at radius 1 is 0.778 bits per heavy atom. The van der Waals surface area contributed by atoms with Crippen LogP contribution in [-0.4, -0.2) is 24.6 Å². The van der Waals surface area contributed by atoms with Crippen molar-refractivity contribution in [2.45, 2.75) is 0 Å². The van der Waals surface area contributed by atoms with Gasteiger partial charge in [0.1, 0.15) is 0 Å². The minimum absolute atomic E-state index is 0.268. The lowest BCUT2D eigenvalue weighted by molar-refractivity contribution is -0.110. The molecular formula is C10H10N4O4. The molecule has 4 N–H and O–H groups in total. The Bertz CT molecular complexity index is 414. The van der Waals surface area contributed by atoms with E-state index in [9.17, 15) is 19.2 Å². The van der Waals surface area contributed by atoms with E-state index in [4.69, 9.17) is 0 Å². The van der Waals surface area contributed by atoms with Gasteiger partial charge in [-0.2, -0.15) is 0 Å². The summed E-state index contributed by atoms with van der Waals surface area (Å²) in [7, 11) is 0. The lowest BCUT2D eigenvalue weighted by atomic mass is 10.1. The maximum Gasteiger partial charge on any atom is 0.269 e. The van der Waals surface area contributed by atoms with E-state index in [0.717, 1.165) is 0 Å². The molecule has 0 aliphatic heterocycles. The number of hydrogen-bond acceptors (Lipinski definition) is 4. The highest BCUT2D eigenvalue weighted by Crippen LogP contribution is 2.03. The second kappa shape index (κ2) is 6.63. The summed E-state index contributed by atoms with van der Waals surface area (Å²) in [5, 5.41) is 0. The number of rotatable bonds is 6. The van der Waals surface area contributed by atoms with Crippen molar-refractivity contribution in [3.8, 4) is 0 Å². The largest absolute Gasteiger partial charge is 0.277 e. The average molecular weight is 250 g/mol. The normalized spacial score (nSPS) is 8.89. The van der Waals surface area contributed by atoms with Gasteiger partial charge in [-0.1, -0.05) is 0 Å². The van der Waals surface area contributed by atoms with Crippen LogP contribution < -0.4 is 21.7 Å². The molecule has 0 atom stereocenters. The summed E-state index contributed by atoms with van der Waals surface area (Å²) in [6, 6.07) is 5.60. The molecule has 0 spiro atoms. The average Bonchev–Trinajstić information content (AvgIpc) is 2.42. The zero-order valence-corrected chi connectivity index (χ0v) is 9.10. The molecule has 0 radical (unpaired) electrons. The van der Waals surface area contributed by atoms with E-state index < -0.39 is 11.8 Å². The SMILES string of the molecule is O=CNNC(=O)c1ccc(C(=O)NNC=O)cc1. The van der Waals surface area contributed by atoms with E-state index in [-0.39, 0.29) is 11.1 Å². The third-order valence-electron chi connectivity index (χ3n) is 1.90. The van der Waals surface area contributed by atoms with Crippen LogP contribution in [0.1, 0.15) is 20.7 Å². The molecule has 0 aliphatic carbocycles. The summed E-state index contributed by atoms with van der Waals surface area (Å²) >= 11 is 0. The van der Waals surface area contributed by atoms with Crippen molar-refractivity contribution < 1.29 is 19.2 Å². The summed E-state index contributed by atoms with van der Waals surface area (Å²) in [6.07, 6.45) is 0.648. The molecule has 0 saturated carbocycles. The molecule has 0 aliphatic rings. The van der Waals surface area contributed by atoms with Crippen molar-refractivity contribution in [3.63, 3.8) is 0 Å². The maximum atomic E-state index is 11.4. The highest BCUT2D eigenvalue weighted by atomic mass is 16.2.